The third-order valence-electron chi connectivity index (χ3n) is 3.37. The quantitative estimate of drug-likeness (QED) is 0.467. The van der Waals surface area contributed by atoms with Crippen LogP contribution < -0.4 is 0 Å². The predicted molar refractivity (Wildman–Crippen MR) is 86.5 cm³/mol. The van der Waals surface area contributed by atoms with Crippen LogP contribution in [0.15, 0.2) is 47.4 Å². The van der Waals surface area contributed by atoms with Gasteiger partial charge in [0.15, 0.2) is 9.84 Å². The highest BCUT2D eigenvalue weighted by atomic mass is 32.2. The van der Waals surface area contributed by atoms with Crippen molar-refractivity contribution in [2.24, 2.45) is 0 Å². The molecule has 0 atom stereocenters. The molecule has 0 N–H and O–H groups in total. The maximum absolute atomic E-state index is 12.2. The van der Waals surface area contributed by atoms with Crippen LogP contribution in [0.25, 0.3) is 0 Å². The molecule has 0 bridgehead atoms. The second-order valence-corrected chi connectivity index (χ2v) is 7.26. The minimum Gasteiger partial charge on any atom is -0.457 e. The Morgan fingerprint density at radius 1 is 1.17 bits per heavy atom. The molecule has 0 aliphatic carbocycles. The second kappa shape index (κ2) is 6.79. The summed E-state index contributed by atoms with van der Waals surface area (Å²) in [6.07, 6.45) is 1.06. The molecular formula is C16H15NO6S. The molecule has 24 heavy (non-hydrogen) atoms. The zero-order valence-corrected chi connectivity index (χ0v) is 13.9. The number of carbonyl (C=O) groups is 1. The monoisotopic (exact) mass is 349 g/mol. The van der Waals surface area contributed by atoms with Crippen molar-refractivity contribution in [1.29, 1.82) is 0 Å². The number of nitro benzene ring substituents is 1. The van der Waals surface area contributed by atoms with E-state index in [9.17, 15) is 23.3 Å². The topological polar surface area (TPSA) is 104 Å². The van der Waals surface area contributed by atoms with E-state index >= 15 is 0 Å². The number of benzene rings is 2. The molecule has 0 saturated carbocycles. The van der Waals surface area contributed by atoms with E-state index in [1.165, 1.54) is 36.4 Å². The second-order valence-electron chi connectivity index (χ2n) is 5.25. The van der Waals surface area contributed by atoms with Gasteiger partial charge in [-0.3, -0.25) is 10.1 Å². The lowest BCUT2D eigenvalue weighted by molar-refractivity contribution is -0.384. The van der Waals surface area contributed by atoms with Gasteiger partial charge in [0.2, 0.25) is 0 Å². The van der Waals surface area contributed by atoms with E-state index in [1.807, 2.05) is 0 Å². The molecule has 0 saturated heterocycles. The lowest BCUT2D eigenvalue weighted by Gasteiger charge is -2.09. The summed E-state index contributed by atoms with van der Waals surface area (Å²) in [5, 5.41) is 10.6. The average Bonchev–Trinajstić information content (AvgIpc) is 2.52. The molecule has 0 spiro atoms. The molecule has 0 heterocycles. The molecule has 2 aromatic carbocycles. The predicted octanol–water partition coefficient (Wildman–Crippen LogP) is 2.66. The summed E-state index contributed by atoms with van der Waals surface area (Å²) in [6.45, 7) is 1.61. The highest BCUT2D eigenvalue weighted by Crippen LogP contribution is 2.18. The Balaban J connectivity index is 2.14. The molecule has 0 unspecified atom stereocenters. The first-order valence-electron chi connectivity index (χ1n) is 6.89. The number of sulfone groups is 1. The van der Waals surface area contributed by atoms with Gasteiger partial charge in [-0.1, -0.05) is 6.07 Å². The number of aryl methyl sites for hydroxylation is 1. The highest BCUT2D eigenvalue weighted by molar-refractivity contribution is 7.90. The average molecular weight is 349 g/mol. The largest absolute Gasteiger partial charge is 0.457 e. The number of nitrogens with zero attached hydrogens (tertiary/aromatic N) is 1. The van der Waals surface area contributed by atoms with Gasteiger partial charge in [-0.15, -0.1) is 0 Å². The fourth-order valence-electron chi connectivity index (χ4n) is 1.99. The molecular weight excluding hydrogens is 334 g/mol. The van der Waals surface area contributed by atoms with Crippen molar-refractivity contribution >= 4 is 21.5 Å². The Hall–Kier alpha value is -2.74. The zero-order valence-electron chi connectivity index (χ0n) is 13.1. The van der Waals surface area contributed by atoms with Crippen LogP contribution >= 0.6 is 0 Å². The van der Waals surface area contributed by atoms with Gasteiger partial charge in [-0.05, 0) is 42.3 Å². The standard InChI is InChI=1S/C16H15NO6S/c1-11-3-8-14(24(2,21)22)9-15(11)16(18)23-10-12-4-6-13(7-5-12)17(19)20/h3-9H,10H2,1-2H3. The summed E-state index contributed by atoms with van der Waals surface area (Å²) in [6, 6.07) is 9.87. The van der Waals surface area contributed by atoms with Crippen LogP contribution in [0.3, 0.4) is 0 Å². The Morgan fingerprint density at radius 2 is 1.79 bits per heavy atom. The smallest absolute Gasteiger partial charge is 0.338 e. The fourth-order valence-corrected chi connectivity index (χ4v) is 2.64. The molecule has 0 amide bonds. The van der Waals surface area contributed by atoms with Crippen molar-refractivity contribution in [2.75, 3.05) is 6.26 Å². The van der Waals surface area contributed by atoms with E-state index < -0.39 is 20.7 Å². The number of esters is 1. The summed E-state index contributed by atoms with van der Waals surface area (Å²) in [7, 11) is -3.43. The number of nitro groups is 1. The van der Waals surface area contributed by atoms with Gasteiger partial charge < -0.3 is 4.74 Å². The molecule has 2 aromatic rings. The number of rotatable bonds is 5. The van der Waals surface area contributed by atoms with Crippen LogP contribution in [-0.2, 0) is 21.2 Å². The third-order valence-corrected chi connectivity index (χ3v) is 4.48. The summed E-state index contributed by atoms with van der Waals surface area (Å²) >= 11 is 0. The number of hydrogen-bond donors (Lipinski definition) is 0. The SMILES string of the molecule is Cc1ccc(S(C)(=O)=O)cc1C(=O)OCc1ccc([N+](=O)[O-])cc1. The van der Waals surface area contributed by atoms with Gasteiger partial charge in [0, 0.05) is 18.4 Å². The Morgan fingerprint density at radius 3 is 2.33 bits per heavy atom. The Bertz CT molecular complexity index is 887. The lowest BCUT2D eigenvalue weighted by Crippen LogP contribution is -2.09. The summed E-state index contributed by atoms with van der Waals surface area (Å²) in [5.74, 6) is -0.656. The number of non-ortho nitro benzene ring substituents is 1. The van der Waals surface area contributed by atoms with Gasteiger partial charge in [0.25, 0.3) is 5.69 Å². The molecule has 8 heteroatoms. The van der Waals surface area contributed by atoms with E-state index in [1.54, 1.807) is 13.0 Å². The van der Waals surface area contributed by atoms with Crippen molar-refractivity contribution in [1.82, 2.24) is 0 Å². The molecule has 0 aromatic heterocycles. The molecule has 7 nitrogen and oxygen atoms in total. The number of ether oxygens (including phenoxy) is 1. The molecule has 2 rings (SSSR count). The summed E-state index contributed by atoms with van der Waals surface area (Å²) in [4.78, 5) is 22.3. The van der Waals surface area contributed by atoms with Crippen molar-refractivity contribution in [3.63, 3.8) is 0 Å². The van der Waals surface area contributed by atoms with E-state index in [2.05, 4.69) is 0 Å². The lowest BCUT2D eigenvalue weighted by atomic mass is 10.1. The van der Waals surface area contributed by atoms with Gasteiger partial charge in [-0.25, -0.2) is 13.2 Å². The number of carbonyl (C=O) groups excluding carboxylic acids is 1. The maximum Gasteiger partial charge on any atom is 0.338 e. The van der Waals surface area contributed by atoms with Crippen molar-refractivity contribution in [3.05, 3.63) is 69.3 Å². The molecule has 0 fully saturated rings. The van der Waals surface area contributed by atoms with Crippen molar-refractivity contribution in [2.45, 2.75) is 18.4 Å². The first-order valence-corrected chi connectivity index (χ1v) is 8.79. The van der Waals surface area contributed by atoms with Crippen LogP contribution in [0.1, 0.15) is 21.5 Å². The Kier molecular flexibility index (Phi) is 4.99. The minimum atomic E-state index is -3.43. The van der Waals surface area contributed by atoms with Crippen molar-refractivity contribution < 1.29 is 22.9 Å². The Labute approximate surface area is 139 Å². The molecule has 126 valence electrons. The van der Waals surface area contributed by atoms with Gasteiger partial charge in [0.1, 0.15) is 6.61 Å². The van der Waals surface area contributed by atoms with Crippen molar-refractivity contribution in [3.8, 4) is 0 Å². The molecule has 0 radical (unpaired) electrons. The van der Waals surface area contributed by atoms with Crippen LogP contribution in [0.4, 0.5) is 5.69 Å². The van der Waals surface area contributed by atoms with E-state index in [-0.39, 0.29) is 22.8 Å². The molecule has 0 aliphatic rings. The van der Waals surface area contributed by atoms with E-state index in [4.69, 9.17) is 4.74 Å². The van der Waals surface area contributed by atoms with E-state index in [0.29, 0.717) is 11.1 Å². The van der Waals surface area contributed by atoms with Crippen LogP contribution in [0.5, 0.6) is 0 Å². The first kappa shape index (κ1) is 17.6. The van der Waals surface area contributed by atoms with Gasteiger partial charge >= 0.3 is 5.97 Å². The highest BCUT2D eigenvalue weighted by Gasteiger charge is 2.16. The van der Waals surface area contributed by atoms with Gasteiger partial charge in [0.05, 0.1) is 15.4 Å². The zero-order chi connectivity index (χ0) is 17.9. The first-order chi connectivity index (χ1) is 11.2. The summed E-state index contributed by atoms with van der Waals surface area (Å²) in [5.41, 5.74) is 1.29. The maximum atomic E-state index is 12.2. The van der Waals surface area contributed by atoms with Gasteiger partial charge in [-0.2, -0.15) is 0 Å². The minimum absolute atomic E-state index is 0.0374. The van der Waals surface area contributed by atoms with Crippen LogP contribution in [-0.4, -0.2) is 25.6 Å². The van der Waals surface area contributed by atoms with E-state index in [0.717, 1.165) is 6.26 Å². The van der Waals surface area contributed by atoms with Crippen LogP contribution in [0, 0.1) is 17.0 Å². The normalized spacial score (nSPS) is 11.1. The number of hydrogen-bond acceptors (Lipinski definition) is 6. The van der Waals surface area contributed by atoms with Crippen LogP contribution in [0.2, 0.25) is 0 Å². The molecule has 0 aliphatic heterocycles. The fraction of sp³-hybridized carbons (Fsp3) is 0.188. The summed E-state index contributed by atoms with van der Waals surface area (Å²) < 4.78 is 28.3. The third kappa shape index (κ3) is 4.17.